The van der Waals surface area contributed by atoms with E-state index in [0.29, 0.717) is 0 Å². The molecule has 0 spiro atoms. The van der Waals surface area contributed by atoms with Gasteiger partial charge in [0.15, 0.2) is 5.82 Å². The molecule has 0 aliphatic heterocycles. The first-order valence-corrected chi connectivity index (χ1v) is 6.72. The van der Waals surface area contributed by atoms with Gasteiger partial charge < -0.3 is 4.98 Å². The van der Waals surface area contributed by atoms with Crippen molar-refractivity contribution in [2.75, 3.05) is 0 Å². The van der Waals surface area contributed by atoms with E-state index < -0.39 is 0 Å². The van der Waals surface area contributed by atoms with E-state index in [1.54, 1.807) is 0 Å². The van der Waals surface area contributed by atoms with Gasteiger partial charge in [0.05, 0.1) is 0 Å². The lowest BCUT2D eigenvalue weighted by Gasteiger charge is -2.18. The van der Waals surface area contributed by atoms with Gasteiger partial charge in [0, 0.05) is 11.0 Å². The molecule has 0 saturated heterocycles. The monoisotopic (exact) mass is 257 g/mol. The van der Waals surface area contributed by atoms with Crippen molar-refractivity contribution in [3.63, 3.8) is 0 Å². The Bertz CT molecular complexity index is 551. The first kappa shape index (κ1) is 13.8. The van der Waals surface area contributed by atoms with Crippen molar-refractivity contribution >= 4 is 0 Å². The lowest BCUT2D eigenvalue weighted by molar-refractivity contribution is 0.548. The van der Waals surface area contributed by atoms with Crippen LogP contribution in [0.2, 0.25) is 0 Å². The molecule has 0 aliphatic carbocycles. The highest BCUT2D eigenvalue weighted by Gasteiger charge is 2.19. The lowest BCUT2D eigenvalue weighted by atomic mass is 9.87. The van der Waals surface area contributed by atoms with Crippen LogP contribution in [0.15, 0.2) is 24.3 Å². The number of nitrogens with one attached hydrogen (secondary N) is 1. The molecule has 3 heteroatoms. The minimum Gasteiger partial charge on any atom is -0.324 e. The second kappa shape index (κ2) is 4.48. The standard InChI is InChI=1S/C16H23N3/c1-15(2,3)12-9-7-11(8-10-12)13-17-14(19-18-13)16(4,5)6/h7-10H,1-6H3,(H,17,18,19). The maximum absolute atomic E-state index is 4.24. The molecular weight excluding hydrogens is 234 g/mol. The Morgan fingerprint density at radius 2 is 1.37 bits per heavy atom. The number of aromatic nitrogens is 3. The summed E-state index contributed by atoms with van der Waals surface area (Å²) in [6, 6.07) is 8.53. The van der Waals surface area contributed by atoms with E-state index in [0.717, 1.165) is 17.2 Å². The molecule has 19 heavy (non-hydrogen) atoms. The van der Waals surface area contributed by atoms with Gasteiger partial charge in [-0.15, -0.1) is 10.2 Å². The lowest BCUT2D eigenvalue weighted by Crippen LogP contribution is -2.13. The summed E-state index contributed by atoms with van der Waals surface area (Å²) in [6.45, 7) is 13.0. The Kier molecular flexibility index (Phi) is 3.25. The predicted octanol–water partition coefficient (Wildman–Crippen LogP) is 4.07. The van der Waals surface area contributed by atoms with Gasteiger partial charge >= 0.3 is 0 Å². The number of hydrogen-bond donors (Lipinski definition) is 1. The average molecular weight is 257 g/mol. The summed E-state index contributed by atoms with van der Waals surface area (Å²) in [7, 11) is 0. The SMILES string of the molecule is CC(C)(C)c1ccc(-c2nnc(C(C)(C)C)[nH]2)cc1. The molecule has 0 unspecified atom stereocenters. The molecular formula is C16H23N3. The van der Waals surface area contributed by atoms with Crippen LogP contribution >= 0.6 is 0 Å². The van der Waals surface area contributed by atoms with E-state index in [9.17, 15) is 0 Å². The maximum Gasteiger partial charge on any atom is 0.161 e. The van der Waals surface area contributed by atoms with Crippen LogP contribution in [-0.2, 0) is 10.8 Å². The minimum atomic E-state index is -0.00337. The normalized spacial score (nSPS) is 12.7. The number of rotatable bonds is 1. The van der Waals surface area contributed by atoms with Gasteiger partial charge in [-0.1, -0.05) is 65.8 Å². The first-order chi connectivity index (χ1) is 8.68. The molecule has 1 aromatic carbocycles. The third-order valence-electron chi connectivity index (χ3n) is 3.22. The zero-order valence-electron chi connectivity index (χ0n) is 12.7. The average Bonchev–Trinajstić information content (AvgIpc) is 2.77. The van der Waals surface area contributed by atoms with Crippen LogP contribution in [0.4, 0.5) is 0 Å². The van der Waals surface area contributed by atoms with Gasteiger partial charge in [-0.2, -0.15) is 0 Å². The van der Waals surface area contributed by atoms with E-state index in [1.165, 1.54) is 5.56 Å². The highest BCUT2D eigenvalue weighted by molar-refractivity contribution is 5.55. The third-order valence-corrected chi connectivity index (χ3v) is 3.22. The van der Waals surface area contributed by atoms with Crippen LogP contribution in [0.25, 0.3) is 11.4 Å². The topological polar surface area (TPSA) is 41.6 Å². The van der Waals surface area contributed by atoms with Crippen molar-refractivity contribution in [1.82, 2.24) is 15.2 Å². The van der Waals surface area contributed by atoms with Crippen molar-refractivity contribution in [1.29, 1.82) is 0 Å². The molecule has 0 atom stereocenters. The van der Waals surface area contributed by atoms with E-state index >= 15 is 0 Å². The molecule has 0 saturated carbocycles. The number of hydrogen-bond acceptors (Lipinski definition) is 2. The largest absolute Gasteiger partial charge is 0.324 e. The molecule has 1 heterocycles. The zero-order chi connectivity index (χ0) is 14.3. The first-order valence-electron chi connectivity index (χ1n) is 6.72. The van der Waals surface area contributed by atoms with E-state index in [4.69, 9.17) is 0 Å². The smallest absolute Gasteiger partial charge is 0.161 e. The molecule has 0 radical (unpaired) electrons. The van der Waals surface area contributed by atoms with E-state index in [-0.39, 0.29) is 10.8 Å². The third kappa shape index (κ3) is 3.03. The van der Waals surface area contributed by atoms with Crippen LogP contribution in [0.3, 0.4) is 0 Å². The quantitative estimate of drug-likeness (QED) is 0.836. The summed E-state index contributed by atoms with van der Waals surface area (Å²) in [4.78, 5) is 3.31. The number of aromatic amines is 1. The minimum absolute atomic E-state index is 0.00337. The van der Waals surface area contributed by atoms with Crippen LogP contribution < -0.4 is 0 Å². The van der Waals surface area contributed by atoms with E-state index in [1.807, 2.05) is 0 Å². The second-order valence-corrected chi connectivity index (χ2v) is 7.10. The molecule has 0 amide bonds. The van der Waals surface area contributed by atoms with Gasteiger partial charge in [0.25, 0.3) is 0 Å². The van der Waals surface area contributed by atoms with Crippen molar-refractivity contribution in [3.8, 4) is 11.4 Å². The summed E-state index contributed by atoms with van der Waals surface area (Å²) in [5.74, 6) is 1.76. The highest BCUT2D eigenvalue weighted by atomic mass is 15.2. The fourth-order valence-corrected chi connectivity index (χ4v) is 1.86. The fraction of sp³-hybridized carbons (Fsp3) is 0.500. The Morgan fingerprint density at radius 3 is 1.79 bits per heavy atom. The van der Waals surface area contributed by atoms with Crippen LogP contribution in [0, 0.1) is 0 Å². The Balaban J connectivity index is 2.31. The van der Waals surface area contributed by atoms with Crippen molar-refractivity contribution in [2.24, 2.45) is 0 Å². The maximum atomic E-state index is 4.24. The molecule has 1 aromatic heterocycles. The number of nitrogens with zero attached hydrogens (tertiary/aromatic N) is 2. The molecule has 2 aromatic rings. The van der Waals surface area contributed by atoms with Crippen LogP contribution in [-0.4, -0.2) is 15.2 Å². The van der Waals surface area contributed by atoms with E-state index in [2.05, 4.69) is 81.0 Å². The second-order valence-electron chi connectivity index (χ2n) is 7.10. The van der Waals surface area contributed by atoms with Crippen molar-refractivity contribution < 1.29 is 0 Å². The Hall–Kier alpha value is -1.64. The van der Waals surface area contributed by atoms with Gasteiger partial charge in [-0.05, 0) is 11.0 Å². The molecule has 0 fully saturated rings. The molecule has 102 valence electrons. The molecule has 0 bridgehead atoms. The van der Waals surface area contributed by atoms with Gasteiger partial charge in [0.2, 0.25) is 0 Å². The predicted molar refractivity (Wildman–Crippen MR) is 79.2 cm³/mol. The van der Waals surface area contributed by atoms with Gasteiger partial charge in [-0.3, -0.25) is 0 Å². The zero-order valence-corrected chi connectivity index (χ0v) is 12.7. The highest BCUT2D eigenvalue weighted by Crippen LogP contribution is 2.26. The summed E-state index contributed by atoms with van der Waals surface area (Å²) in [5, 5.41) is 8.47. The number of H-pyrrole nitrogens is 1. The molecule has 0 aliphatic rings. The van der Waals surface area contributed by atoms with Crippen molar-refractivity contribution in [2.45, 2.75) is 52.4 Å². The van der Waals surface area contributed by atoms with Crippen molar-refractivity contribution in [3.05, 3.63) is 35.7 Å². The Morgan fingerprint density at radius 1 is 0.789 bits per heavy atom. The summed E-state index contributed by atoms with van der Waals surface area (Å²) < 4.78 is 0. The molecule has 3 nitrogen and oxygen atoms in total. The van der Waals surface area contributed by atoms with Crippen LogP contribution in [0.1, 0.15) is 52.9 Å². The molecule has 1 N–H and O–H groups in total. The molecule has 2 rings (SSSR count). The van der Waals surface area contributed by atoms with Crippen LogP contribution in [0.5, 0.6) is 0 Å². The summed E-state index contributed by atoms with van der Waals surface area (Å²) >= 11 is 0. The summed E-state index contributed by atoms with van der Waals surface area (Å²) in [6.07, 6.45) is 0. The van der Waals surface area contributed by atoms with Gasteiger partial charge in [-0.25, -0.2) is 0 Å². The number of benzene rings is 1. The fourth-order valence-electron chi connectivity index (χ4n) is 1.86. The van der Waals surface area contributed by atoms with Gasteiger partial charge in [0.1, 0.15) is 5.82 Å². The summed E-state index contributed by atoms with van der Waals surface area (Å²) in [5.41, 5.74) is 2.58. The Labute approximate surface area is 115 Å².